The number of anilines is 2. The topological polar surface area (TPSA) is 79.1 Å². The standard InChI is InChI=1S/C13H24N6/c1-4-19-7-5-6-11(8-19)17-12-9(2)13(18-14)16-10(3)15-12/h11H,4-8,14H2,1-3H3,(H2,15,16,17,18). The number of nitrogens with one attached hydrogen (secondary N) is 2. The molecule has 2 heterocycles. The lowest BCUT2D eigenvalue weighted by molar-refractivity contribution is 0.226. The van der Waals surface area contributed by atoms with Gasteiger partial charge >= 0.3 is 0 Å². The van der Waals surface area contributed by atoms with Gasteiger partial charge in [-0.15, -0.1) is 0 Å². The minimum absolute atomic E-state index is 0.451. The Balaban J connectivity index is 2.12. The van der Waals surface area contributed by atoms with Crippen LogP contribution < -0.4 is 16.6 Å². The molecule has 1 unspecified atom stereocenters. The van der Waals surface area contributed by atoms with Gasteiger partial charge in [-0.25, -0.2) is 15.8 Å². The number of rotatable bonds is 4. The molecular weight excluding hydrogens is 240 g/mol. The van der Waals surface area contributed by atoms with Crippen molar-refractivity contribution in [2.75, 3.05) is 30.4 Å². The second kappa shape index (κ2) is 6.16. The van der Waals surface area contributed by atoms with Crippen LogP contribution in [0.3, 0.4) is 0 Å². The summed E-state index contributed by atoms with van der Waals surface area (Å²) in [6.07, 6.45) is 2.42. The number of likely N-dealkylation sites (tertiary alicyclic amines) is 1. The molecule has 0 aromatic carbocycles. The first-order chi connectivity index (χ1) is 9.13. The zero-order valence-electron chi connectivity index (χ0n) is 12.0. The van der Waals surface area contributed by atoms with E-state index in [1.807, 2.05) is 13.8 Å². The van der Waals surface area contributed by atoms with Crippen LogP contribution in [0.2, 0.25) is 0 Å². The van der Waals surface area contributed by atoms with Gasteiger partial charge in [-0.3, -0.25) is 0 Å². The van der Waals surface area contributed by atoms with Gasteiger partial charge in [0, 0.05) is 18.2 Å². The van der Waals surface area contributed by atoms with E-state index in [0.29, 0.717) is 11.9 Å². The van der Waals surface area contributed by atoms with E-state index < -0.39 is 0 Å². The molecule has 0 aliphatic carbocycles. The molecule has 19 heavy (non-hydrogen) atoms. The maximum atomic E-state index is 5.49. The van der Waals surface area contributed by atoms with E-state index in [1.165, 1.54) is 19.4 Å². The number of aromatic nitrogens is 2. The molecule has 6 heteroatoms. The quantitative estimate of drug-likeness (QED) is 0.561. The summed E-state index contributed by atoms with van der Waals surface area (Å²) in [5.41, 5.74) is 3.61. The summed E-state index contributed by atoms with van der Waals surface area (Å²) in [5.74, 6) is 7.80. The highest BCUT2D eigenvalue weighted by Gasteiger charge is 2.20. The molecule has 1 aromatic heterocycles. The molecule has 1 saturated heterocycles. The van der Waals surface area contributed by atoms with Gasteiger partial charge in [-0.05, 0) is 39.8 Å². The summed E-state index contributed by atoms with van der Waals surface area (Å²) < 4.78 is 0. The average molecular weight is 264 g/mol. The van der Waals surface area contributed by atoms with Gasteiger partial charge in [0.2, 0.25) is 0 Å². The van der Waals surface area contributed by atoms with Gasteiger partial charge in [0.15, 0.2) is 0 Å². The summed E-state index contributed by atoms with van der Waals surface area (Å²) in [7, 11) is 0. The minimum atomic E-state index is 0.451. The lowest BCUT2D eigenvalue weighted by Gasteiger charge is -2.33. The highest BCUT2D eigenvalue weighted by Crippen LogP contribution is 2.22. The van der Waals surface area contributed by atoms with Crippen LogP contribution in [0.5, 0.6) is 0 Å². The molecule has 106 valence electrons. The van der Waals surface area contributed by atoms with Gasteiger partial charge < -0.3 is 15.6 Å². The number of aryl methyl sites for hydroxylation is 1. The molecule has 1 aromatic rings. The van der Waals surface area contributed by atoms with Crippen molar-refractivity contribution in [1.82, 2.24) is 14.9 Å². The van der Waals surface area contributed by atoms with Gasteiger partial charge in [-0.2, -0.15) is 0 Å². The van der Waals surface area contributed by atoms with E-state index in [2.05, 4.69) is 32.5 Å². The van der Waals surface area contributed by atoms with Crippen molar-refractivity contribution in [1.29, 1.82) is 0 Å². The molecule has 0 bridgehead atoms. The summed E-state index contributed by atoms with van der Waals surface area (Å²) in [4.78, 5) is 11.2. The first-order valence-corrected chi connectivity index (χ1v) is 6.94. The molecule has 0 spiro atoms. The number of hydrogen-bond donors (Lipinski definition) is 3. The van der Waals surface area contributed by atoms with Crippen LogP contribution in [0, 0.1) is 13.8 Å². The van der Waals surface area contributed by atoms with Gasteiger partial charge in [-0.1, -0.05) is 6.92 Å². The van der Waals surface area contributed by atoms with Crippen LogP contribution in [0.4, 0.5) is 11.6 Å². The highest BCUT2D eigenvalue weighted by atomic mass is 15.3. The van der Waals surface area contributed by atoms with E-state index in [4.69, 9.17) is 5.84 Å². The van der Waals surface area contributed by atoms with Crippen LogP contribution in [0.1, 0.15) is 31.2 Å². The predicted molar refractivity (Wildman–Crippen MR) is 78.1 cm³/mol. The summed E-state index contributed by atoms with van der Waals surface area (Å²) in [5, 5.41) is 3.54. The third-order valence-electron chi connectivity index (χ3n) is 3.69. The molecule has 6 nitrogen and oxygen atoms in total. The van der Waals surface area contributed by atoms with Crippen molar-refractivity contribution in [3.63, 3.8) is 0 Å². The fraction of sp³-hybridized carbons (Fsp3) is 0.692. The largest absolute Gasteiger partial charge is 0.366 e. The SMILES string of the molecule is CCN1CCCC(Nc2nc(C)nc(NN)c2C)C1. The van der Waals surface area contributed by atoms with E-state index in [0.717, 1.165) is 30.3 Å². The monoisotopic (exact) mass is 264 g/mol. The molecule has 1 aliphatic rings. The highest BCUT2D eigenvalue weighted by molar-refractivity contribution is 5.57. The van der Waals surface area contributed by atoms with Crippen LogP contribution in [0.25, 0.3) is 0 Å². The molecule has 1 aliphatic heterocycles. The molecule has 1 fully saturated rings. The van der Waals surface area contributed by atoms with Crippen LogP contribution in [-0.4, -0.2) is 40.5 Å². The number of nitrogen functional groups attached to an aromatic ring is 1. The maximum absolute atomic E-state index is 5.49. The van der Waals surface area contributed by atoms with Gasteiger partial charge in [0.1, 0.15) is 17.5 Å². The second-order valence-corrected chi connectivity index (χ2v) is 5.11. The fourth-order valence-electron chi connectivity index (χ4n) is 2.56. The molecule has 0 saturated carbocycles. The Morgan fingerprint density at radius 3 is 2.74 bits per heavy atom. The Morgan fingerprint density at radius 1 is 1.32 bits per heavy atom. The third kappa shape index (κ3) is 3.33. The smallest absolute Gasteiger partial charge is 0.148 e. The van der Waals surface area contributed by atoms with E-state index in [1.54, 1.807) is 0 Å². The predicted octanol–water partition coefficient (Wildman–Crippen LogP) is 1.28. The van der Waals surface area contributed by atoms with E-state index in [-0.39, 0.29) is 0 Å². The third-order valence-corrected chi connectivity index (χ3v) is 3.69. The van der Waals surface area contributed by atoms with Crippen molar-refractivity contribution in [3.8, 4) is 0 Å². The molecule has 0 amide bonds. The minimum Gasteiger partial charge on any atom is -0.366 e. The number of nitrogens with two attached hydrogens (primary N) is 1. The van der Waals surface area contributed by atoms with Gasteiger partial charge in [0.05, 0.1) is 0 Å². The van der Waals surface area contributed by atoms with Crippen molar-refractivity contribution in [2.24, 2.45) is 5.84 Å². The Hall–Kier alpha value is -1.40. The molecule has 4 N–H and O–H groups in total. The Morgan fingerprint density at radius 2 is 2.05 bits per heavy atom. The number of hydrogen-bond acceptors (Lipinski definition) is 6. The summed E-state index contributed by atoms with van der Waals surface area (Å²) in [6, 6.07) is 0.451. The number of nitrogens with zero attached hydrogens (tertiary/aromatic N) is 3. The van der Waals surface area contributed by atoms with Gasteiger partial charge in [0.25, 0.3) is 0 Å². The van der Waals surface area contributed by atoms with E-state index >= 15 is 0 Å². The molecule has 1 atom stereocenters. The molecule has 0 radical (unpaired) electrons. The van der Waals surface area contributed by atoms with E-state index in [9.17, 15) is 0 Å². The van der Waals surface area contributed by atoms with Crippen molar-refractivity contribution in [2.45, 2.75) is 39.7 Å². The van der Waals surface area contributed by atoms with Crippen LogP contribution >= 0.6 is 0 Å². The average Bonchev–Trinajstić information content (AvgIpc) is 2.42. The maximum Gasteiger partial charge on any atom is 0.148 e. The van der Waals surface area contributed by atoms with Crippen LogP contribution in [0.15, 0.2) is 0 Å². The van der Waals surface area contributed by atoms with Crippen molar-refractivity contribution < 1.29 is 0 Å². The zero-order chi connectivity index (χ0) is 13.8. The first-order valence-electron chi connectivity index (χ1n) is 6.94. The number of likely N-dealkylation sites (N-methyl/N-ethyl adjacent to an activating group) is 1. The molecule has 2 rings (SSSR count). The number of hydrazine groups is 1. The fourth-order valence-corrected chi connectivity index (χ4v) is 2.56. The molecular formula is C13H24N6. The summed E-state index contributed by atoms with van der Waals surface area (Å²) >= 11 is 0. The normalized spacial score (nSPS) is 20.3. The Kier molecular flexibility index (Phi) is 4.55. The van der Waals surface area contributed by atoms with Crippen molar-refractivity contribution in [3.05, 3.63) is 11.4 Å². The van der Waals surface area contributed by atoms with Crippen molar-refractivity contribution >= 4 is 11.6 Å². The zero-order valence-corrected chi connectivity index (χ0v) is 12.0. The lowest BCUT2D eigenvalue weighted by Crippen LogP contribution is -2.42. The Labute approximate surface area is 114 Å². The lowest BCUT2D eigenvalue weighted by atomic mass is 10.1. The first kappa shape index (κ1) is 14.0. The Bertz CT molecular complexity index is 433. The van der Waals surface area contributed by atoms with Crippen LogP contribution in [-0.2, 0) is 0 Å². The number of piperidine rings is 1. The summed E-state index contributed by atoms with van der Waals surface area (Å²) in [6.45, 7) is 9.45. The second-order valence-electron chi connectivity index (χ2n) is 5.11.